The van der Waals surface area contributed by atoms with Crippen LogP contribution in [0.3, 0.4) is 0 Å². The van der Waals surface area contributed by atoms with Gasteiger partial charge < -0.3 is 5.32 Å². The van der Waals surface area contributed by atoms with Crippen molar-refractivity contribution in [2.75, 3.05) is 26.2 Å². The predicted molar refractivity (Wildman–Crippen MR) is 83.9 cm³/mol. The number of piperazine rings is 1. The third-order valence-corrected chi connectivity index (χ3v) is 4.73. The molecular weight excluding hydrogens is 244 g/mol. The summed E-state index contributed by atoms with van der Waals surface area (Å²) < 4.78 is 0. The molecule has 2 aliphatic rings. The quantitative estimate of drug-likeness (QED) is 0.918. The van der Waals surface area contributed by atoms with E-state index in [2.05, 4.69) is 52.7 Å². The second-order valence-electron chi connectivity index (χ2n) is 6.17. The molecule has 1 atom stereocenters. The first-order valence-electron chi connectivity index (χ1n) is 7.85. The second-order valence-corrected chi connectivity index (χ2v) is 6.17. The van der Waals surface area contributed by atoms with Crippen LogP contribution in [0.5, 0.6) is 0 Å². The molecule has 0 spiro atoms. The Hall–Kier alpha value is -1.38. The molecular formula is C18H22N2. The van der Waals surface area contributed by atoms with Crippen molar-refractivity contribution in [3.63, 3.8) is 0 Å². The molecule has 2 aromatic carbocycles. The molecule has 2 fully saturated rings. The van der Waals surface area contributed by atoms with Gasteiger partial charge in [0.25, 0.3) is 0 Å². The van der Waals surface area contributed by atoms with E-state index in [1.54, 1.807) is 0 Å². The number of nitrogens with one attached hydrogen (secondary N) is 1. The molecule has 1 N–H and O–H groups in total. The van der Waals surface area contributed by atoms with Crippen LogP contribution < -0.4 is 5.32 Å². The fraction of sp³-hybridized carbons (Fsp3) is 0.444. The van der Waals surface area contributed by atoms with Crippen molar-refractivity contribution in [1.29, 1.82) is 0 Å². The van der Waals surface area contributed by atoms with Crippen LogP contribution in [-0.2, 0) is 0 Å². The summed E-state index contributed by atoms with van der Waals surface area (Å²) >= 11 is 0. The van der Waals surface area contributed by atoms with Crippen LogP contribution in [-0.4, -0.2) is 31.1 Å². The average molecular weight is 266 g/mol. The summed E-state index contributed by atoms with van der Waals surface area (Å²) in [6.07, 6.45) is 2.81. The van der Waals surface area contributed by atoms with Crippen LogP contribution in [0.1, 0.15) is 24.4 Å². The van der Waals surface area contributed by atoms with E-state index in [-0.39, 0.29) is 0 Å². The zero-order valence-corrected chi connectivity index (χ0v) is 11.9. The summed E-state index contributed by atoms with van der Waals surface area (Å²) in [7, 11) is 0. The Bertz CT molecular complexity index is 597. The maximum atomic E-state index is 3.47. The lowest BCUT2D eigenvalue weighted by Crippen LogP contribution is -2.45. The first kappa shape index (κ1) is 12.4. The number of fused-ring (bicyclic) bond motifs is 1. The van der Waals surface area contributed by atoms with Gasteiger partial charge in [0.1, 0.15) is 0 Å². The van der Waals surface area contributed by atoms with Gasteiger partial charge in [-0.2, -0.15) is 0 Å². The summed E-state index contributed by atoms with van der Waals surface area (Å²) in [5, 5.41) is 6.20. The van der Waals surface area contributed by atoms with E-state index in [1.807, 2.05) is 0 Å². The molecule has 0 aromatic heterocycles. The van der Waals surface area contributed by atoms with Gasteiger partial charge >= 0.3 is 0 Å². The Morgan fingerprint density at radius 2 is 1.70 bits per heavy atom. The minimum absolute atomic E-state index is 0.640. The Morgan fingerprint density at radius 3 is 2.45 bits per heavy atom. The fourth-order valence-corrected chi connectivity index (χ4v) is 3.55. The summed E-state index contributed by atoms with van der Waals surface area (Å²) in [5.41, 5.74) is 1.52. The normalized spacial score (nSPS) is 22.0. The zero-order valence-electron chi connectivity index (χ0n) is 11.9. The number of benzene rings is 2. The van der Waals surface area contributed by atoms with E-state index in [1.165, 1.54) is 42.3 Å². The Labute approximate surface area is 120 Å². The molecule has 0 unspecified atom stereocenters. The fourth-order valence-electron chi connectivity index (χ4n) is 3.55. The predicted octanol–water partition coefficient (Wildman–Crippen LogP) is 3.20. The maximum Gasteiger partial charge on any atom is 0.0377 e. The van der Waals surface area contributed by atoms with Crippen molar-refractivity contribution in [2.24, 2.45) is 5.92 Å². The highest BCUT2D eigenvalue weighted by molar-refractivity contribution is 5.83. The molecule has 2 heteroatoms. The van der Waals surface area contributed by atoms with E-state index in [9.17, 15) is 0 Å². The van der Waals surface area contributed by atoms with Crippen LogP contribution in [0, 0.1) is 5.92 Å². The van der Waals surface area contributed by atoms with Crippen LogP contribution in [0.4, 0.5) is 0 Å². The van der Waals surface area contributed by atoms with Crippen molar-refractivity contribution in [3.8, 4) is 0 Å². The van der Waals surface area contributed by atoms with Gasteiger partial charge in [0, 0.05) is 32.2 Å². The smallest absolute Gasteiger partial charge is 0.0377 e. The lowest BCUT2D eigenvalue weighted by Gasteiger charge is -2.35. The summed E-state index contributed by atoms with van der Waals surface area (Å²) in [4.78, 5) is 2.69. The first-order valence-corrected chi connectivity index (χ1v) is 7.85. The number of nitrogens with zero attached hydrogens (tertiary/aromatic N) is 1. The molecule has 4 rings (SSSR count). The summed E-state index contributed by atoms with van der Waals surface area (Å²) in [5.74, 6) is 0.884. The molecule has 1 aliphatic heterocycles. The molecule has 1 aliphatic carbocycles. The number of rotatable bonds is 3. The van der Waals surface area contributed by atoms with Crippen molar-refractivity contribution in [2.45, 2.75) is 18.9 Å². The van der Waals surface area contributed by atoms with Crippen molar-refractivity contribution in [1.82, 2.24) is 10.2 Å². The topological polar surface area (TPSA) is 15.3 Å². The molecule has 0 bridgehead atoms. The van der Waals surface area contributed by atoms with E-state index >= 15 is 0 Å². The van der Waals surface area contributed by atoms with Crippen LogP contribution >= 0.6 is 0 Å². The minimum atomic E-state index is 0.640. The minimum Gasteiger partial charge on any atom is -0.314 e. The third-order valence-electron chi connectivity index (χ3n) is 4.73. The molecule has 1 saturated heterocycles. The SMILES string of the molecule is c1ccc2cc([C@H](C3CC3)N3CCNCC3)ccc2c1. The summed E-state index contributed by atoms with van der Waals surface area (Å²) in [6.45, 7) is 4.65. The van der Waals surface area contributed by atoms with Crippen molar-refractivity contribution < 1.29 is 0 Å². The van der Waals surface area contributed by atoms with E-state index in [4.69, 9.17) is 0 Å². The molecule has 2 aromatic rings. The molecule has 104 valence electrons. The van der Waals surface area contributed by atoms with Crippen molar-refractivity contribution in [3.05, 3.63) is 48.0 Å². The molecule has 1 saturated carbocycles. The number of hydrogen-bond donors (Lipinski definition) is 1. The average Bonchev–Trinajstić information content (AvgIpc) is 3.33. The van der Waals surface area contributed by atoms with Crippen LogP contribution in [0.25, 0.3) is 10.8 Å². The first-order chi connectivity index (χ1) is 9.92. The standard InChI is InChI=1S/C18H22N2/c1-2-4-16-13-17(8-5-14(16)3-1)18(15-6-7-15)20-11-9-19-10-12-20/h1-5,8,13,15,18-19H,6-7,9-12H2/t18-/m0/s1. The maximum absolute atomic E-state index is 3.47. The lowest BCUT2D eigenvalue weighted by atomic mass is 9.97. The van der Waals surface area contributed by atoms with Gasteiger partial charge in [-0.25, -0.2) is 0 Å². The van der Waals surface area contributed by atoms with E-state index in [0.29, 0.717) is 6.04 Å². The van der Waals surface area contributed by atoms with Crippen molar-refractivity contribution >= 4 is 10.8 Å². The van der Waals surface area contributed by atoms with Gasteiger partial charge in [0.05, 0.1) is 0 Å². The highest BCUT2D eigenvalue weighted by Crippen LogP contribution is 2.45. The molecule has 2 nitrogen and oxygen atoms in total. The third kappa shape index (κ3) is 2.34. The van der Waals surface area contributed by atoms with Gasteiger partial charge in [-0.3, -0.25) is 4.90 Å². The molecule has 20 heavy (non-hydrogen) atoms. The Kier molecular flexibility index (Phi) is 3.21. The van der Waals surface area contributed by atoms with Crippen LogP contribution in [0.15, 0.2) is 42.5 Å². The van der Waals surface area contributed by atoms with Gasteiger partial charge in [0.2, 0.25) is 0 Å². The Morgan fingerprint density at radius 1 is 0.950 bits per heavy atom. The molecule has 0 radical (unpaired) electrons. The highest BCUT2D eigenvalue weighted by Gasteiger charge is 2.36. The van der Waals surface area contributed by atoms with Crippen LogP contribution in [0.2, 0.25) is 0 Å². The molecule has 0 amide bonds. The van der Waals surface area contributed by atoms with Gasteiger partial charge in [0.15, 0.2) is 0 Å². The zero-order chi connectivity index (χ0) is 13.4. The monoisotopic (exact) mass is 266 g/mol. The highest BCUT2D eigenvalue weighted by atomic mass is 15.2. The molecule has 1 heterocycles. The lowest BCUT2D eigenvalue weighted by molar-refractivity contribution is 0.156. The Balaban J connectivity index is 1.69. The summed E-state index contributed by atoms with van der Waals surface area (Å²) in [6, 6.07) is 16.4. The second kappa shape index (κ2) is 5.19. The number of hydrogen-bond acceptors (Lipinski definition) is 2. The van der Waals surface area contributed by atoms with E-state index in [0.717, 1.165) is 19.0 Å². The van der Waals surface area contributed by atoms with Gasteiger partial charge in [-0.1, -0.05) is 36.4 Å². The van der Waals surface area contributed by atoms with Gasteiger partial charge in [-0.15, -0.1) is 0 Å². The van der Waals surface area contributed by atoms with E-state index < -0.39 is 0 Å². The van der Waals surface area contributed by atoms with Gasteiger partial charge in [-0.05, 0) is 41.2 Å². The largest absolute Gasteiger partial charge is 0.314 e.